The maximum Gasteiger partial charge on any atom is 0.344 e. The molecule has 13 heavy (non-hydrogen) atoms. The van der Waals surface area contributed by atoms with Crippen LogP contribution in [0, 0.1) is 0 Å². The van der Waals surface area contributed by atoms with Gasteiger partial charge in [-0.1, -0.05) is 18.2 Å². The van der Waals surface area contributed by atoms with E-state index in [1.807, 2.05) is 32.0 Å². The van der Waals surface area contributed by atoms with Crippen molar-refractivity contribution in [3.63, 3.8) is 0 Å². The van der Waals surface area contributed by atoms with Gasteiger partial charge in [-0.25, -0.2) is 4.79 Å². The van der Waals surface area contributed by atoms with Crippen molar-refractivity contribution in [2.45, 2.75) is 13.8 Å². The molecule has 0 aliphatic carbocycles. The molecular formula is C11H10O2. The van der Waals surface area contributed by atoms with E-state index in [0.29, 0.717) is 11.3 Å². The first-order chi connectivity index (χ1) is 6.20. The minimum absolute atomic E-state index is 0.244. The quantitative estimate of drug-likeness (QED) is 0.565. The van der Waals surface area contributed by atoms with Crippen molar-refractivity contribution in [2.24, 2.45) is 0 Å². The van der Waals surface area contributed by atoms with Crippen molar-refractivity contribution in [1.29, 1.82) is 0 Å². The number of allylic oxidation sites excluding steroid dienone is 1. The Morgan fingerprint density at radius 2 is 1.77 bits per heavy atom. The molecule has 1 aliphatic heterocycles. The highest BCUT2D eigenvalue weighted by atomic mass is 16.5. The summed E-state index contributed by atoms with van der Waals surface area (Å²) < 4.78 is 5.13. The first kappa shape index (κ1) is 8.05. The number of fused-ring (bicyclic) bond motifs is 1. The zero-order chi connectivity index (χ0) is 9.42. The average Bonchev–Trinajstić information content (AvgIpc) is 2.45. The summed E-state index contributed by atoms with van der Waals surface area (Å²) in [6, 6.07) is 7.44. The lowest BCUT2D eigenvalue weighted by Crippen LogP contribution is -1.92. The fourth-order valence-corrected chi connectivity index (χ4v) is 1.43. The molecular weight excluding hydrogens is 164 g/mol. The monoisotopic (exact) mass is 174 g/mol. The molecule has 0 bridgehead atoms. The molecule has 2 rings (SSSR count). The summed E-state index contributed by atoms with van der Waals surface area (Å²) in [5, 5.41) is 0. The predicted molar refractivity (Wildman–Crippen MR) is 50.1 cm³/mol. The third kappa shape index (κ3) is 1.15. The predicted octanol–water partition coefficient (Wildman–Crippen LogP) is 2.61. The second kappa shape index (κ2) is 2.73. The normalized spacial score (nSPS) is 14.0. The number of carbonyl (C=O) groups excluding carboxylic acids is 1. The van der Waals surface area contributed by atoms with Gasteiger partial charge in [-0.3, -0.25) is 0 Å². The molecule has 0 atom stereocenters. The van der Waals surface area contributed by atoms with Gasteiger partial charge >= 0.3 is 5.97 Å². The first-order valence-electron chi connectivity index (χ1n) is 4.19. The molecule has 0 unspecified atom stereocenters. The Bertz CT molecular complexity index is 398. The standard InChI is InChI=1S/C11H10O2/c1-7(2)10-8-5-3-4-6-9(8)11(12)13-10/h3-6H,1-2H3. The van der Waals surface area contributed by atoms with E-state index in [9.17, 15) is 4.79 Å². The number of hydrogen-bond donors (Lipinski definition) is 0. The summed E-state index contributed by atoms with van der Waals surface area (Å²) in [7, 11) is 0. The van der Waals surface area contributed by atoms with Crippen LogP contribution in [0.2, 0.25) is 0 Å². The minimum atomic E-state index is -0.244. The third-order valence-electron chi connectivity index (χ3n) is 2.04. The number of hydrogen-bond acceptors (Lipinski definition) is 2. The van der Waals surface area contributed by atoms with Gasteiger partial charge < -0.3 is 4.74 Å². The molecule has 1 aromatic rings. The zero-order valence-corrected chi connectivity index (χ0v) is 7.63. The van der Waals surface area contributed by atoms with Crippen LogP contribution < -0.4 is 0 Å². The molecule has 0 amide bonds. The number of benzene rings is 1. The van der Waals surface area contributed by atoms with Crippen LogP contribution >= 0.6 is 0 Å². The Hall–Kier alpha value is -1.57. The van der Waals surface area contributed by atoms with Crippen LogP contribution in [0.15, 0.2) is 29.8 Å². The Balaban J connectivity index is 2.67. The molecule has 1 aliphatic rings. The molecule has 2 nitrogen and oxygen atoms in total. The summed E-state index contributed by atoms with van der Waals surface area (Å²) in [5.41, 5.74) is 2.60. The second-order valence-electron chi connectivity index (χ2n) is 3.26. The zero-order valence-electron chi connectivity index (χ0n) is 7.63. The Morgan fingerprint density at radius 1 is 1.15 bits per heavy atom. The maximum absolute atomic E-state index is 11.3. The maximum atomic E-state index is 11.3. The molecule has 0 saturated heterocycles. The summed E-state index contributed by atoms with van der Waals surface area (Å²) in [5.74, 6) is 0.465. The number of carbonyl (C=O) groups is 1. The van der Waals surface area contributed by atoms with Gasteiger partial charge in [-0.2, -0.15) is 0 Å². The molecule has 0 aromatic heterocycles. The molecule has 2 heteroatoms. The van der Waals surface area contributed by atoms with E-state index in [-0.39, 0.29) is 5.97 Å². The fraction of sp³-hybridized carbons (Fsp3) is 0.182. The smallest absolute Gasteiger partial charge is 0.344 e. The van der Waals surface area contributed by atoms with Crippen molar-refractivity contribution >= 4 is 11.7 Å². The lowest BCUT2D eigenvalue weighted by Gasteiger charge is -1.99. The van der Waals surface area contributed by atoms with E-state index < -0.39 is 0 Å². The number of ether oxygens (including phenoxy) is 1. The topological polar surface area (TPSA) is 26.3 Å². The third-order valence-corrected chi connectivity index (χ3v) is 2.04. The van der Waals surface area contributed by atoms with Crippen LogP contribution in [0.4, 0.5) is 0 Å². The highest BCUT2D eigenvalue weighted by molar-refractivity contribution is 6.03. The van der Waals surface area contributed by atoms with Gasteiger partial charge in [0.05, 0.1) is 5.56 Å². The van der Waals surface area contributed by atoms with E-state index in [1.54, 1.807) is 6.07 Å². The van der Waals surface area contributed by atoms with Crippen LogP contribution in [0.25, 0.3) is 5.76 Å². The van der Waals surface area contributed by atoms with E-state index in [2.05, 4.69) is 0 Å². The van der Waals surface area contributed by atoms with E-state index in [1.165, 1.54) is 0 Å². The minimum Gasteiger partial charge on any atom is -0.422 e. The molecule has 1 heterocycles. The highest BCUT2D eigenvalue weighted by Crippen LogP contribution is 2.31. The lowest BCUT2D eigenvalue weighted by atomic mass is 10.1. The summed E-state index contributed by atoms with van der Waals surface area (Å²) in [6.45, 7) is 3.87. The van der Waals surface area contributed by atoms with Crippen molar-refractivity contribution in [3.05, 3.63) is 41.0 Å². The summed E-state index contributed by atoms with van der Waals surface area (Å²) >= 11 is 0. The molecule has 0 saturated carbocycles. The number of cyclic esters (lactones) is 1. The average molecular weight is 174 g/mol. The lowest BCUT2D eigenvalue weighted by molar-refractivity contribution is 0.0714. The molecule has 66 valence electrons. The first-order valence-corrected chi connectivity index (χ1v) is 4.19. The fourth-order valence-electron chi connectivity index (χ4n) is 1.43. The van der Waals surface area contributed by atoms with Crippen molar-refractivity contribution in [3.8, 4) is 0 Å². The van der Waals surface area contributed by atoms with E-state index in [0.717, 1.165) is 11.1 Å². The number of rotatable bonds is 0. The van der Waals surface area contributed by atoms with Gasteiger partial charge in [0.25, 0.3) is 0 Å². The molecule has 0 fully saturated rings. The van der Waals surface area contributed by atoms with Gasteiger partial charge in [0.1, 0.15) is 5.76 Å². The van der Waals surface area contributed by atoms with Gasteiger partial charge in [0.2, 0.25) is 0 Å². The van der Waals surface area contributed by atoms with E-state index >= 15 is 0 Å². The van der Waals surface area contributed by atoms with Crippen molar-refractivity contribution in [2.75, 3.05) is 0 Å². The number of esters is 1. The Kier molecular flexibility index (Phi) is 1.69. The Morgan fingerprint density at radius 3 is 2.38 bits per heavy atom. The van der Waals surface area contributed by atoms with Crippen molar-refractivity contribution < 1.29 is 9.53 Å². The van der Waals surface area contributed by atoms with Gasteiger partial charge in [0.15, 0.2) is 0 Å². The van der Waals surface area contributed by atoms with Crippen LogP contribution in [0.3, 0.4) is 0 Å². The van der Waals surface area contributed by atoms with Crippen LogP contribution in [-0.2, 0) is 4.74 Å². The van der Waals surface area contributed by atoms with Crippen LogP contribution in [0.5, 0.6) is 0 Å². The SMILES string of the molecule is CC(C)=C1OC(=O)c2ccccc21. The van der Waals surface area contributed by atoms with Crippen LogP contribution in [0.1, 0.15) is 29.8 Å². The molecule has 0 spiro atoms. The van der Waals surface area contributed by atoms with Gasteiger partial charge in [0, 0.05) is 5.56 Å². The van der Waals surface area contributed by atoms with Gasteiger partial charge in [-0.05, 0) is 25.5 Å². The summed E-state index contributed by atoms with van der Waals surface area (Å²) in [4.78, 5) is 11.3. The molecule has 0 radical (unpaired) electrons. The molecule has 1 aromatic carbocycles. The van der Waals surface area contributed by atoms with Crippen LogP contribution in [-0.4, -0.2) is 5.97 Å². The largest absolute Gasteiger partial charge is 0.422 e. The molecule has 0 N–H and O–H groups in total. The highest BCUT2D eigenvalue weighted by Gasteiger charge is 2.25. The van der Waals surface area contributed by atoms with Gasteiger partial charge in [-0.15, -0.1) is 0 Å². The second-order valence-corrected chi connectivity index (χ2v) is 3.26. The van der Waals surface area contributed by atoms with Crippen molar-refractivity contribution in [1.82, 2.24) is 0 Å². The Labute approximate surface area is 76.8 Å². The summed E-state index contributed by atoms with van der Waals surface area (Å²) in [6.07, 6.45) is 0. The van der Waals surface area contributed by atoms with E-state index in [4.69, 9.17) is 4.74 Å².